The molecule has 1 aliphatic heterocycles. The summed E-state index contributed by atoms with van der Waals surface area (Å²) in [5, 5.41) is 0. The maximum absolute atomic E-state index is 12.0. The van der Waals surface area contributed by atoms with Crippen molar-refractivity contribution in [3.63, 3.8) is 0 Å². The summed E-state index contributed by atoms with van der Waals surface area (Å²) in [4.78, 5) is 24.8. The van der Waals surface area contributed by atoms with E-state index < -0.39 is 6.09 Å². The van der Waals surface area contributed by atoms with Crippen LogP contribution < -0.4 is 0 Å². The fourth-order valence-electron chi connectivity index (χ4n) is 1.94. The quantitative estimate of drug-likeness (QED) is 0.683. The van der Waals surface area contributed by atoms with Gasteiger partial charge in [-0.15, -0.1) is 0 Å². The SMILES string of the molecule is CCC/C=C\CCC(=O)N1C(=O)OCC1C(C)C. The van der Waals surface area contributed by atoms with Crippen LogP contribution in [0.15, 0.2) is 12.2 Å². The van der Waals surface area contributed by atoms with Crippen LogP contribution >= 0.6 is 0 Å². The molecule has 0 N–H and O–H groups in total. The van der Waals surface area contributed by atoms with E-state index in [1.807, 2.05) is 19.9 Å². The second-order valence-corrected chi connectivity index (χ2v) is 4.95. The molecule has 1 heterocycles. The highest BCUT2D eigenvalue weighted by Crippen LogP contribution is 2.20. The maximum atomic E-state index is 12.0. The third kappa shape index (κ3) is 3.86. The molecular weight excluding hydrogens is 230 g/mol. The number of hydrogen-bond acceptors (Lipinski definition) is 3. The molecule has 4 nitrogen and oxygen atoms in total. The summed E-state index contributed by atoms with van der Waals surface area (Å²) in [6, 6.07) is -0.107. The number of ether oxygens (including phenoxy) is 1. The van der Waals surface area contributed by atoms with Gasteiger partial charge in [-0.3, -0.25) is 4.79 Å². The smallest absolute Gasteiger partial charge is 0.416 e. The molecule has 1 rings (SSSR count). The second-order valence-electron chi connectivity index (χ2n) is 4.95. The molecule has 1 saturated heterocycles. The monoisotopic (exact) mass is 253 g/mol. The summed E-state index contributed by atoms with van der Waals surface area (Å²) in [6.07, 6.45) is 6.80. The van der Waals surface area contributed by atoms with Gasteiger partial charge in [0.2, 0.25) is 5.91 Å². The number of carbonyl (C=O) groups is 2. The minimum Gasteiger partial charge on any atom is -0.447 e. The van der Waals surface area contributed by atoms with Gasteiger partial charge in [0, 0.05) is 6.42 Å². The van der Waals surface area contributed by atoms with Crippen molar-refractivity contribution in [1.29, 1.82) is 0 Å². The highest BCUT2D eigenvalue weighted by Gasteiger charge is 2.38. The first-order valence-electron chi connectivity index (χ1n) is 6.71. The molecule has 1 aliphatic rings. The molecule has 1 atom stereocenters. The van der Waals surface area contributed by atoms with Crippen molar-refractivity contribution in [2.45, 2.75) is 52.5 Å². The second kappa shape index (κ2) is 7.19. The molecule has 0 spiro atoms. The Morgan fingerprint density at radius 3 is 2.72 bits per heavy atom. The molecule has 0 aliphatic carbocycles. The zero-order chi connectivity index (χ0) is 13.5. The molecule has 0 aromatic heterocycles. The van der Waals surface area contributed by atoms with E-state index in [0.29, 0.717) is 19.4 Å². The number of hydrogen-bond donors (Lipinski definition) is 0. The summed E-state index contributed by atoms with van der Waals surface area (Å²) in [5.41, 5.74) is 0. The summed E-state index contributed by atoms with van der Waals surface area (Å²) in [6.45, 7) is 6.43. The first-order valence-corrected chi connectivity index (χ1v) is 6.71. The molecule has 2 amide bonds. The summed E-state index contributed by atoms with van der Waals surface area (Å²) < 4.78 is 4.95. The van der Waals surface area contributed by atoms with Crippen LogP contribution in [-0.4, -0.2) is 29.5 Å². The molecule has 4 heteroatoms. The molecule has 18 heavy (non-hydrogen) atoms. The van der Waals surface area contributed by atoms with Crippen molar-refractivity contribution in [1.82, 2.24) is 4.90 Å². The minimum atomic E-state index is -0.490. The third-order valence-corrected chi connectivity index (χ3v) is 3.09. The van der Waals surface area contributed by atoms with Crippen molar-refractivity contribution >= 4 is 12.0 Å². The van der Waals surface area contributed by atoms with Crippen LogP contribution in [0, 0.1) is 5.92 Å². The van der Waals surface area contributed by atoms with Gasteiger partial charge in [-0.1, -0.05) is 39.3 Å². The molecule has 0 bridgehead atoms. The Morgan fingerprint density at radius 1 is 1.44 bits per heavy atom. The first-order chi connectivity index (χ1) is 8.57. The van der Waals surface area contributed by atoms with E-state index >= 15 is 0 Å². The van der Waals surface area contributed by atoms with Crippen molar-refractivity contribution in [3.8, 4) is 0 Å². The number of rotatable bonds is 6. The molecule has 0 saturated carbocycles. The van der Waals surface area contributed by atoms with Gasteiger partial charge < -0.3 is 4.74 Å². The van der Waals surface area contributed by atoms with Gasteiger partial charge in [0.1, 0.15) is 6.61 Å². The van der Waals surface area contributed by atoms with Crippen LogP contribution in [0.2, 0.25) is 0 Å². The van der Waals surface area contributed by atoms with Crippen LogP contribution in [0.5, 0.6) is 0 Å². The lowest BCUT2D eigenvalue weighted by molar-refractivity contribution is -0.129. The van der Waals surface area contributed by atoms with Crippen LogP contribution in [0.25, 0.3) is 0 Å². The van der Waals surface area contributed by atoms with Crippen LogP contribution in [0.4, 0.5) is 4.79 Å². The molecule has 0 radical (unpaired) electrons. The van der Waals surface area contributed by atoms with Gasteiger partial charge in [-0.2, -0.15) is 0 Å². The van der Waals surface area contributed by atoms with Crippen molar-refractivity contribution in [2.24, 2.45) is 5.92 Å². The zero-order valence-corrected chi connectivity index (χ0v) is 11.5. The molecule has 1 unspecified atom stereocenters. The lowest BCUT2D eigenvalue weighted by atomic mass is 10.0. The van der Waals surface area contributed by atoms with E-state index in [0.717, 1.165) is 12.8 Å². The highest BCUT2D eigenvalue weighted by molar-refractivity contribution is 5.93. The number of amides is 2. The first kappa shape index (κ1) is 14.7. The average molecular weight is 253 g/mol. The van der Waals surface area contributed by atoms with E-state index in [-0.39, 0.29) is 17.9 Å². The number of unbranched alkanes of at least 4 members (excludes halogenated alkanes) is 1. The summed E-state index contributed by atoms with van der Waals surface area (Å²) in [5.74, 6) is 0.105. The topological polar surface area (TPSA) is 46.6 Å². The highest BCUT2D eigenvalue weighted by atomic mass is 16.6. The van der Waals surface area contributed by atoms with Gasteiger partial charge in [-0.05, 0) is 18.8 Å². The predicted molar refractivity (Wildman–Crippen MR) is 70.1 cm³/mol. The number of allylic oxidation sites excluding steroid dienone is 2. The lowest BCUT2D eigenvalue weighted by Crippen LogP contribution is -2.41. The number of carbonyl (C=O) groups excluding carboxylic acids is 2. The maximum Gasteiger partial charge on any atom is 0.416 e. The molecule has 102 valence electrons. The standard InChI is InChI=1S/C14H23NO3/c1-4-5-6-7-8-9-13(16)15-12(11(2)3)10-18-14(15)17/h6-7,11-12H,4-5,8-10H2,1-3H3/b7-6-. The number of cyclic esters (lactones) is 1. The van der Waals surface area contributed by atoms with Crippen molar-refractivity contribution in [3.05, 3.63) is 12.2 Å². The average Bonchev–Trinajstić information content (AvgIpc) is 2.71. The van der Waals surface area contributed by atoms with Crippen LogP contribution in [0.1, 0.15) is 46.5 Å². The van der Waals surface area contributed by atoms with E-state index in [9.17, 15) is 9.59 Å². The largest absolute Gasteiger partial charge is 0.447 e. The van der Waals surface area contributed by atoms with Crippen LogP contribution in [0.3, 0.4) is 0 Å². The Hall–Kier alpha value is -1.32. The van der Waals surface area contributed by atoms with Crippen LogP contribution in [-0.2, 0) is 9.53 Å². The Labute approximate surface area is 109 Å². The molecule has 0 aromatic carbocycles. The number of imide groups is 1. The van der Waals surface area contributed by atoms with Gasteiger partial charge in [0.15, 0.2) is 0 Å². The van der Waals surface area contributed by atoms with E-state index in [4.69, 9.17) is 4.74 Å². The Bertz CT molecular complexity index is 323. The van der Waals surface area contributed by atoms with Crippen molar-refractivity contribution in [2.75, 3.05) is 6.61 Å². The van der Waals surface area contributed by atoms with Gasteiger partial charge in [0.25, 0.3) is 0 Å². The van der Waals surface area contributed by atoms with Gasteiger partial charge >= 0.3 is 6.09 Å². The van der Waals surface area contributed by atoms with Gasteiger partial charge in [-0.25, -0.2) is 9.69 Å². The lowest BCUT2D eigenvalue weighted by Gasteiger charge is -2.22. The number of nitrogens with zero attached hydrogens (tertiary/aromatic N) is 1. The molecule has 1 fully saturated rings. The van der Waals surface area contributed by atoms with Crippen molar-refractivity contribution < 1.29 is 14.3 Å². The summed E-state index contributed by atoms with van der Waals surface area (Å²) in [7, 11) is 0. The third-order valence-electron chi connectivity index (χ3n) is 3.09. The zero-order valence-electron chi connectivity index (χ0n) is 11.5. The van der Waals surface area contributed by atoms with E-state index in [1.165, 1.54) is 4.90 Å². The summed E-state index contributed by atoms with van der Waals surface area (Å²) >= 11 is 0. The Morgan fingerprint density at radius 2 is 2.11 bits per heavy atom. The van der Waals surface area contributed by atoms with E-state index in [1.54, 1.807) is 0 Å². The minimum absolute atomic E-state index is 0.107. The predicted octanol–water partition coefficient (Wildman–Crippen LogP) is 3.13. The van der Waals surface area contributed by atoms with E-state index in [2.05, 4.69) is 13.0 Å². The fourth-order valence-corrected chi connectivity index (χ4v) is 1.94. The Kier molecular flexibility index (Phi) is 5.89. The Balaban J connectivity index is 2.46. The van der Waals surface area contributed by atoms with Gasteiger partial charge in [0.05, 0.1) is 6.04 Å². The normalized spacial score (nSPS) is 19.9. The molecular formula is C14H23NO3. The molecule has 0 aromatic rings. The fraction of sp³-hybridized carbons (Fsp3) is 0.714.